The van der Waals surface area contributed by atoms with Gasteiger partial charge < -0.3 is 4.74 Å². The molecule has 3 heteroatoms. The first kappa shape index (κ1) is 13.0. The van der Waals surface area contributed by atoms with Crippen LogP contribution in [0.15, 0.2) is 18.2 Å². The van der Waals surface area contributed by atoms with Gasteiger partial charge in [-0.25, -0.2) is 0 Å². The van der Waals surface area contributed by atoms with Crippen LogP contribution in [0.1, 0.15) is 43.4 Å². The molecule has 0 heterocycles. The van der Waals surface area contributed by atoms with Gasteiger partial charge in [0.1, 0.15) is 5.75 Å². The van der Waals surface area contributed by atoms with Crippen LogP contribution >= 0.6 is 0 Å². The minimum atomic E-state index is 0.242. The van der Waals surface area contributed by atoms with Crippen LogP contribution in [-0.4, -0.2) is 7.11 Å². The average Bonchev–Trinajstić information content (AvgIpc) is 2.31. The van der Waals surface area contributed by atoms with E-state index in [-0.39, 0.29) is 6.04 Å². The number of hydrazine groups is 1. The Bertz CT molecular complexity index is 326. The third kappa shape index (κ3) is 3.22. The maximum atomic E-state index is 5.60. The maximum Gasteiger partial charge on any atom is 0.119 e. The minimum Gasteiger partial charge on any atom is -0.497 e. The van der Waals surface area contributed by atoms with Crippen LogP contribution in [-0.2, 0) is 0 Å². The highest BCUT2D eigenvalue weighted by atomic mass is 16.5. The lowest BCUT2D eigenvalue weighted by Crippen LogP contribution is -2.28. The molecular weight excluding hydrogens is 200 g/mol. The van der Waals surface area contributed by atoms with Crippen LogP contribution in [0.3, 0.4) is 0 Å². The van der Waals surface area contributed by atoms with Crippen LogP contribution in [0, 0.1) is 6.92 Å². The summed E-state index contributed by atoms with van der Waals surface area (Å²) in [4.78, 5) is 0. The van der Waals surface area contributed by atoms with Crippen molar-refractivity contribution in [3.8, 4) is 5.75 Å². The Hall–Kier alpha value is -1.06. The number of rotatable bonds is 6. The van der Waals surface area contributed by atoms with E-state index in [9.17, 15) is 0 Å². The van der Waals surface area contributed by atoms with Gasteiger partial charge in [0.15, 0.2) is 0 Å². The molecule has 0 aliphatic heterocycles. The van der Waals surface area contributed by atoms with Gasteiger partial charge in [0.05, 0.1) is 7.11 Å². The highest BCUT2D eigenvalue weighted by molar-refractivity contribution is 5.36. The van der Waals surface area contributed by atoms with Gasteiger partial charge in [0.2, 0.25) is 0 Å². The van der Waals surface area contributed by atoms with Crippen molar-refractivity contribution >= 4 is 0 Å². The Labute approximate surface area is 98.0 Å². The minimum absolute atomic E-state index is 0.242. The number of hydrogen-bond donors (Lipinski definition) is 2. The number of unbranched alkanes of at least 4 members (excludes halogenated alkanes) is 1. The van der Waals surface area contributed by atoms with E-state index in [2.05, 4.69) is 25.3 Å². The third-order valence-corrected chi connectivity index (χ3v) is 2.90. The summed E-state index contributed by atoms with van der Waals surface area (Å²) < 4.78 is 5.19. The molecule has 3 nitrogen and oxygen atoms in total. The molecule has 1 aromatic rings. The first-order valence-electron chi connectivity index (χ1n) is 5.83. The largest absolute Gasteiger partial charge is 0.497 e. The van der Waals surface area contributed by atoms with Crippen molar-refractivity contribution in [2.45, 2.75) is 39.2 Å². The molecule has 1 aromatic carbocycles. The van der Waals surface area contributed by atoms with Gasteiger partial charge in [-0.05, 0) is 36.6 Å². The normalized spacial score (nSPS) is 12.5. The van der Waals surface area contributed by atoms with Gasteiger partial charge in [0, 0.05) is 6.04 Å². The van der Waals surface area contributed by atoms with Crippen molar-refractivity contribution < 1.29 is 4.74 Å². The quantitative estimate of drug-likeness (QED) is 0.574. The second-order valence-corrected chi connectivity index (χ2v) is 4.08. The average molecular weight is 222 g/mol. The van der Waals surface area contributed by atoms with E-state index in [1.807, 2.05) is 12.1 Å². The van der Waals surface area contributed by atoms with Crippen molar-refractivity contribution in [1.29, 1.82) is 0 Å². The highest BCUT2D eigenvalue weighted by Crippen LogP contribution is 2.25. The maximum absolute atomic E-state index is 5.60. The Morgan fingerprint density at radius 2 is 2.19 bits per heavy atom. The Morgan fingerprint density at radius 3 is 2.69 bits per heavy atom. The predicted octanol–water partition coefficient (Wildman–Crippen LogP) is 2.70. The zero-order chi connectivity index (χ0) is 12.0. The summed E-state index contributed by atoms with van der Waals surface area (Å²) in [7, 11) is 1.68. The third-order valence-electron chi connectivity index (χ3n) is 2.90. The monoisotopic (exact) mass is 222 g/mol. The summed E-state index contributed by atoms with van der Waals surface area (Å²) in [5, 5.41) is 0. The van der Waals surface area contributed by atoms with E-state index in [0.29, 0.717) is 0 Å². The molecule has 0 fully saturated rings. The van der Waals surface area contributed by atoms with Crippen LogP contribution in [0.4, 0.5) is 0 Å². The fourth-order valence-corrected chi connectivity index (χ4v) is 1.90. The van der Waals surface area contributed by atoms with Crippen LogP contribution in [0.5, 0.6) is 5.75 Å². The van der Waals surface area contributed by atoms with Gasteiger partial charge in [0.25, 0.3) is 0 Å². The summed E-state index contributed by atoms with van der Waals surface area (Å²) in [6, 6.07) is 6.37. The number of methoxy groups -OCH3 is 1. The zero-order valence-corrected chi connectivity index (χ0v) is 10.4. The summed E-state index contributed by atoms with van der Waals surface area (Å²) in [6.45, 7) is 4.28. The van der Waals surface area contributed by atoms with Crippen molar-refractivity contribution in [3.63, 3.8) is 0 Å². The molecule has 0 amide bonds. The summed E-state index contributed by atoms with van der Waals surface area (Å²) in [5.41, 5.74) is 5.37. The van der Waals surface area contributed by atoms with Gasteiger partial charge in [-0.3, -0.25) is 11.3 Å². The van der Waals surface area contributed by atoms with Gasteiger partial charge >= 0.3 is 0 Å². The lowest BCUT2D eigenvalue weighted by Gasteiger charge is -2.18. The fourth-order valence-electron chi connectivity index (χ4n) is 1.90. The number of hydrogen-bond acceptors (Lipinski definition) is 3. The number of ether oxygens (including phenoxy) is 1. The molecule has 0 spiro atoms. The molecule has 0 bridgehead atoms. The molecular formula is C13H22N2O. The molecule has 90 valence electrons. The standard InChI is InChI=1S/C13H22N2O/c1-4-5-6-13(15-14)12-8-7-11(16-3)9-10(12)2/h7-9,13,15H,4-6,14H2,1-3H3. The van der Waals surface area contributed by atoms with Crippen LogP contribution in [0.25, 0.3) is 0 Å². The molecule has 0 saturated heterocycles. The summed E-state index contributed by atoms with van der Waals surface area (Å²) >= 11 is 0. The van der Waals surface area contributed by atoms with E-state index in [1.54, 1.807) is 7.11 Å². The van der Waals surface area contributed by atoms with E-state index < -0.39 is 0 Å². The van der Waals surface area contributed by atoms with Crippen LogP contribution < -0.4 is 16.0 Å². The number of nitrogens with one attached hydrogen (secondary N) is 1. The number of benzene rings is 1. The number of nitrogens with two attached hydrogens (primary N) is 1. The Morgan fingerprint density at radius 1 is 1.44 bits per heavy atom. The fraction of sp³-hybridized carbons (Fsp3) is 0.538. The Kier molecular flexibility index (Phi) is 5.29. The Balaban J connectivity index is 2.83. The van der Waals surface area contributed by atoms with E-state index in [1.165, 1.54) is 24.0 Å². The highest BCUT2D eigenvalue weighted by Gasteiger charge is 2.11. The first-order chi connectivity index (χ1) is 7.72. The molecule has 1 rings (SSSR count). The van der Waals surface area contributed by atoms with Crippen molar-refractivity contribution in [2.75, 3.05) is 7.11 Å². The second-order valence-electron chi connectivity index (χ2n) is 4.08. The van der Waals surface area contributed by atoms with Gasteiger partial charge in [-0.1, -0.05) is 25.8 Å². The molecule has 0 radical (unpaired) electrons. The molecule has 1 unspecified atom stereocenters. The van der Waals surface area contributed by atoms with E-state index >= 15 is 0 Å². The first-order valence-corrected chi connectivity index (χ1v) is 5.83. The van der Waals surface area contributed by atoms with E-state index in [4.69, 9.17) is 10.6 Å². The van der Waals surface area contributed by atoms with Crippen molar-refractivity contribution in [3.05, 3.63) is 29.3 Å². The molecule has 0 aliphatic carbocycles. The van der Waals surface area contributed by atoms with Crippen LogP contribution in [0.2, 0.25) is 0 Å². The SMILES string of the molecule is CCCCC(NN)c1ccc(OC)cc1C. The topological polar surface area (TPSA) is 47.3 Å². The molecule has 3 N–H and O–H groups in total. The molecule has 1 atom stereocenters. The molecule has 0 aliphatic rings. The molecule has 0 aromatic heterocycles. The zero-order valence-electron chi connectivity index (χ0n) is 10.4. The lowest BCUT2D eigenvalue weighted by atomic mass is 9.97. The van der Waals surface area contributed by atoms with Crippen molar-refractivity contribution in [1.82, 2.24) is 5.43 Å². The van der Waals surface area contributed by atoms with E-state index in [0.717, 1.165) is 12.2 Å². The second kappa shape index (κ2) is 6.51. The molecule has 0 saturated carbocycles. The predicted molar refractivity (Wildman–Crippen MR) is 67.3 cm³/mol. The lowest BCUT2D eigenvalue weighted by molar-refractivity contribution is 0.413. The summed E-state index contributed by atoms with van der Waals surface area (Å²) in [5.74, 6) is 6.50. The van der Waals surface area contributed by atoms with Gasteiger partial charge in [-0.15, -0.1) is 0 Å². The van der Waals surface area contributed by atoms with Gasteiger partial charge in [-0.2, -0.15) is 0 Å². The van der Waals surface area contributed by atoms with Crippen molar-refractivity contribution in [2.24, 2.45) is 5.84 Å². The summed E-state index contributed by atoms with van der Waals surface area (Å²) in [6.07, 6.45) is 3.44. The smallest absolute Gasteiger partial charge is 0.119 e. The molecule has 16 heavy (non-hydrogen) atoms. The number of aryl methyl sites for hydroxylation is 1.